The molecule has 2 N–H and O–H groups in total. The number of benzene rings is 1. The lowest BCUT2D eigenvalue weighted by Gasteiger charge is -2.13. The number of aryl methyl sites for hydroxylation is 1. The molecule has 0 amide bonds. The molecular weight excluding hydrogens is 294 g/mol. The molecule has 7 heteroatoms. The van der Waals surface area contributed by atoms with Gasteiger partial charge in [0, 0.05) is 24.5 Å². The number of halogens is 1. The Balaban J connectivity index is 1.62. The second kappa shape index (κ2) is 7.97. The highest BCUT2D eigenvalue weighted by Gasteiger charge is 2.06. The van der Waals surface area contributed by atoms with Crippen LogP contribution in [0.1, 0.15) is 11.5 Å². The van der Waals surface area contributed by atoms with E-state index in [1.165, 1.54) is 6.33 Å². The number of hydrogen-bond acceptors (Lipinski definition) is 6. The summed E-state index contributed by atoms with van der Waals surface area (Å²) in [7, 11) is 0. The molecule has 21 heavy (non-hydrogen) atoms. The van der Waals surface area contributed by atoms with Gasteiger partial charge in [-0.15, -0.1) is 0 Å². The van der Waals surface area contributed by atoms with Crippen LogP contribution in [-0.2, 0) is 6.42 Å². The average molecular weight is 312 g/mol. The van der Waals surface area contributed by atoms with Crippen molar-refractivity contribution in [1.82, 2.24) is 15.5 Å². The van der Waals surface area contributed by atoms with Gasteiger partial charge in [0.15, 0.2) is 6.33 Å². The Kier molecular flexibility index (Phi) is 5.98. The monoisotopic (exact) mass is 311 g/mol. The molecular formula is C14H18ClN3O3. The molecule has 1 heterocycles. The van der Waals surface area contributed by atoms with Crippen LogP contribution < -0.4 is 10.1 Å². The van der Waals surface area contributed by atoms with Gasteiger partial charge in [0.2, 0.25) is 5.89 Å². The van der Waals surface area contributed by atoms with Crippen molar-refractivity contribution in [3.8, 4) is 5.75 Å². The molecule has 0 aliphatic heterocycles. The molecule has 0 bridgehead atoms. The summed E-state index contributed by atoms with van der Waals surface area (Å²) in [5.41, 5.74) is 0.946. The van der Waals surface area contributed by atoms with Crippen LogP contribution >= 0.6 is 11.6 Å². The quantitative estimate of drug-likeness (QED) is 0.721. The molecule has 1 atom stereocenters. The van der Waals surface area contributed by atoms with Crippen LogP contribution in [0.5, 0.6) is 5.75 Å². The number of ether oxygens (including phenoxy) is 1. The normalized spacial score (nSPS) is 12.3. The van der Waals surface area contributed by atoms with Crippen molar-refractivity contribution in [2.24, 2.45) is 0 Å². The zero-order valence-electron chi connectivity index (χ0n) is 11.8. The summed E-state index contributed by atoms with van der Waals surface area (Å²) in [6.07, 6.45) is 1.40. The zero-order valence-corrected chi connectivity index (χ0v) is 12.5. The SMILES string of the molecule is Cc1cc(OCC(O)CNCCc2ncno2)ccc1Cl. The lowest BCUT2D eigenvalue weighted by atomic mass is 10.2. The fraction of sp³-hybridized carbons (Fsp3) is 0.429. The highest BCUT2D eigenvalue weighted by Crippen LogP contribution is 2.20. The summed E-state index contributed by atoms with van der Waals surface area (Å²) in [5, 5.41) is 17.1. The first-order valence-corrected chi connectivity index (χ1v) is 7.06. The van der Waals surface area contributed by atoms with Crippen LogP contribution in [0.3, 0.4) is 0 Å². The Hall–Kier alpha value is -1.63. The van der Waals surface area contributed by atoms with Gasteiger partial charge in [0.25, 0.3) is 0 Å². The maximum atomic E-state index is 9.83. The molecule has 0 saturated heterocycles. The van der Waals surface area contributed by atoms with E-state index < -0.39 is 6.10 Å². The van der Waals surface area contributed by atoms with Crippen molar-refractivity contribution in [3.63, 3.8) is 0 Å². The number of rotatable bonds is 8. The van der Waals surface area contributed by atoms with E-state index in [2.05, 4.69) is 15.5 Å². The Bertz CT molecular complexity index is 548. The Morgan fingerprint density at radius 1 is 1.48 bits per heavy atom. The van der Waals surface area contributed by atoms with Crippen molar-refractivity contribution < 1.29 is 14.4 Å². The molecule has 1 unspecified atom stereocenters. The Labute approximate surface area is 128 Å². The summed E-state index contributed by atoms with van der Waals surface area (Å²) < 4.78 is 10.4. The minimum absolute atomic E-state index is 0.217. The smallest absolute Gasteiger partial charge is 0.227 e. The van der Waals surface area contributed by atoms with Crippen LogP contribution in [0.25, 0.3) is 0 Å². The van der Waals surface area contributed by atoms with Crippen molar-refractivity contribution in [3.05, 3.63) is 41.0 Å². The van der Waals surface area contributed by atoms with E-state index in [1.807, 2.05) is 13.0 Å². The van der Waals surface area contributed by atoms with Crippen molar-refractivity contribution in [2.75, 3.05) is 19.7 Å². The molecule has 0 fully saturated rings. The number of nitrogens with one attached hydrogen (secondary N) is 1. The van der Waals surface area contributed by atoms with E-state index in [4.69, 9.17) is 20.9 Å². The largest absolute Gasteiger partial charge is 0.491 e. The third-order valence-corrected chi connectivity index (χ3v) is 3.30. The van der Waals surface area contributed by atoms with E-state index >= 15 is 0 Å². The molecule has 0 aliphatic rings. The number of aromatic nitrogens is 2. The first-order valence-electron chi connectivity index (χ1n) is 6.68. The first-order chi connectivity index (χ1) is 10.1. The molecule has 2 rings (SSSR count). The van der Waals surface area contributed by atoms with Gasteiger partial charge in [0.1, 0.15) is 18.5 Å². The van der Waals surface area contributed by atoms with Crippen molar-refractivity contribution in [2.45, 2.75) is 19.4 Å². The summed E-state index contributed by atoms with van der Waals surface area (Å²) in [6.45, 7) is 3.21. The van der Waals surface area contributed by atoms with Crippen LogP contribution in [0.15, 0.2) is 29.0 Å². The van der Waals surface area contributed by atoms with Gasteiger partial charge in [-0.1, -0.05) is 16.8 Å². The second-order valence-electron chi connectivity index (χ2n) is 4.66. The molecule has 0 aliphatic carbocycles. The van der Waals surface area contributed by atoms with E-state index in [1.54, 1.807) is 12.1 Å². The number of aliphatic hydroxyl groups excluding tert-OH is 1. The fourth-order valence-corrected chi connectivity index (χ4v) is 1.85. The molecule has 0 radical (unpaired) electrons. The number of nitrogens with zero attached hydrogens (tertiary/aromatic N) is 2. The highest BCUT2D eigenvalue weighted by atomic mass is 35.5. The van der Waals surface area contributed by atoms with E-state index in [0.29, 0.717) is 36.2 Å². The topological polar surface area (TPSA) is 80.4 Å². The molecule has 2 aromatic rings. The third kappa shape index (κ3) is 5.34. The van der Waals surface area contributed by atoms with Crippen LogP contribution in [-0.4, -0.2) is 41.0 Å². The average Bonchev–Trinajstić information content (AvgIpc) is 2.98. The van der Waals surface area contributed by atoms with Crippen LogP contribution in [0.4, 0.5) is 0 Å². The predicted octanol–water partition coefficient (Wildman–Crippen LogP) is 1.60. The molecule has 1 aromatic carbocycles. The van der Waals surface area contributed by atoms with Crippen molar-refractivity contribution in [1.29, 1.82) is 0 Å². The lowest BCUT2D eigenvalue weighted by Crippen LogP contribution is -2.32. The number of aliphatic hydroxyl groups is 1. The van der Waals surface area contributed by atoms with Gasteiger partial charge in [0.05, 0.1) is 0 Å². The fourth-order valence-electron chi connectivity index (χ4n) is 1.73. The van der Waals surface area contributed by atoms with Crippen molar-refractivity contribution >= 4 is 11.6 Å². The Morgan fingerprint density at radius 2 is 2.33 bits per heavy atom. The minimum Gasteiger partial charge on any atom is -0.491 e. The Morgan fingerprint density at radius 3 is 3.05 bits per heavy atom. The maximum Gasteiger partial charge on any atom is 0.227 e. The second-order valence-corrected chi connectivity index (χ2v) is 5.07. The third-order valence-electron chi connectivity index (χ3n) is 2.87. The molecule has 1 aromatic heterocycles. The molecule has 6 nitrogen and oxygen atoms in total. The molecule has 0 spiro atoms. The van der Waals surface area contributed by atoms with Crippen LogP contribution in [0, 0.1) is 6.92 Å². The predicted molar refractivity (Wildman–Crippen MR) is 78.6 cm³/mol. The standard InChI is InChI=1S/C14H18ClN3O3/c1-10-6-12(2-3-13(10)15)20-8-11(19)7-16-5-4-14-17-9-18-21-14/h2-3,6,9,11,16,19H,4-5,7-8H2,1H3. The first kappa shape index (κ1) is 15.8. The van der Waals surface area contributed by atoms with Gasteiger partial charge in [-0.3, -0.25) is 0 Å². The zero-order chi connectivity index (χ0) is 15.1. The van der Waals surface area contributed by atoms with Gasteiger partial charge < -0.3 is 19.7 Å². The van der Waals surface area contributed by atoms with Gasteiger partial charge >= 0.3 is 0 Å². The summed E-state index contributed by atoms with van der Waals surface area (Å²) in [5.74, 6) is 1.27. The summed E-state index contributed by atoms with van der Waals surface area (Å²) in [6, 6.07) is 5.41. The summed E-state index contributed by atoms with van der Waals surface area (Å²) >= 11 is 5.94. The highest BCUT2D eigenvalue weighted by molar-refractivity contribution is 6.31. The van der Waals surface area contributed by atoms with Gasteiger partial charge in [-0.2, -0.15) is 4.98 Å². The minimum atomic E-state index is -0.594. The maximum absolute atomic E-state index is 9.83. The summed E-state index contributed by atoms with van der Waals surface area (Å²) in [4.78, 5) is 3.91. The van der Waals surface area contributed by atoms with Crippen LogP contribution in [0.2, 0.25) is 5.02 Å². The number of hydrogen-bond donors (Lipinski definition) is 2. The molecule has 0 saturated carbocycles. The van der Waals surface area contributed by atoms with Gasteiger partial charge in [-0.05, 0) is 30.7 Å². The van der Waals surface area contributed by atoms with E-state index in [9.17, 15) is 5.11 Å². The molecule has 114 valence electrons. The van der Waals surface area contributed by atoms with Gasteiger partial charge in [-0.25, -0.2) is 0 Å². The lowest BCUT2D eigenvalue weighted by molar-refractivity contribution is 0.106. The van der Waals surface area contributed by atoms with E-state index in [0.717, 1.165) is 5.56 Å². The van der Waals surface area contributed by atoms with E-state index in [-0.39, 0.29) is 6.61 Å².